The van der Waals surface area contributed by atoms with Gasteiger partial charge in [0.2, 0.25) is 5.91 Å². The van der Waals surface area contributed by atoms with Crippen LogP contribution in [0.2, 0.25) is 5.02 Å². The van der Waals surface area contributed by atoms with Crippen LogP contribution in [0.5, 0.6) is 11.5 Å². The SMILES string of the molecule is COc1cc(NC(=O)CC(C)C(=O)c2ccc(Cl)cc2)c(C(N)=O)cc1OC. The number of hydrogen-bond donors (Lipinski definition) is 2. The average Bonchev–Trinajstić information content (AvgIpc) is 2.67. The van der Waals surface area contributed by atoms with E-state index in [0.717, 1.165) is 0 Å². The maximum Gasteiger partial charge on any atom is 0.250 e. The smallest absolute Gasteiger partial charge is 0.250 e. The summed E-state index contributed by atoms with van der Waals surface area (Å²) in [6.07, 6.45) is -0.0754. The van der Waals surface area contributed by atoms with E-state index in [2.05, 4.69) is 5.32 Å². The van der Waals surface area contributed by atoms with Crippen LogP contribution in [0.15, 0.2) is 36.4 Å². The summed E-state index contributed by atoms with van der Waals surface area (Å²) in [5.41, 5.74) is 6.11. The predicted molar refractivity (Wildman–Crippen MR) is 106 cm³/mol. The van der Waals surface area contributed by atoms with Gasteiger partial charge in [0.25, 0.3) is 5.91 Å². The molecule has 2 aromatic rings. The molecule has 2 rings (SSSR count). The number of carbonyl (C=O) groups is 3. The van der Waals surface area contributed by atoms with Gasteiger partial charge >= 0.3 is 0 Å². The fourth-order valence-corrected chi connectivity index (χ4v) is 2.78. The van der Waals surface area contributed by atoms with Gasteiger partial charge in [0, 0.05) is 29.0 Å². The van der Waals surface area contributed by atoms with Crippen LogP contribution in [-0.2, 0) is 4.79 Å². The summed E-state index contributed by atoms with van der Waals surface area (Å²) in [6.45, 7) is 1.65. The number of ether oxygens (including phenoxy) is 2. The van der Waals surface area contributed by atoms with Crippen molar-refractivity contribution in [1.82, 2.24) is 0 Å². The minimum Gasteiger partial charge on any atom is -0.493 e. The molecule has 8 heteroatoms. The summed E-state index contributed by atoms with van der Waals surface area (Å²) in [5, 5.41) is 3.14. The molecule has 7 nitrogen and oxygen atoms in total. The fraction of sp³-hybridized carbons (Fsp3) is 0.250. The molecule has 0 aliphatic rings. The number of methoxy groups -OCH3 is 2. The number of halogens is 1. The lowest BCUT2D eigenvalue weighted by Crippen LogP contribution is -2.22. The molecule has 3 N–H and O–H groups in total. The number of carbonyl (C=O) groups excluding carboxylic acids is 3. The Kier molecular flexibility index (Phi) is 7.00. The van der Waals surface area contributed by atoms with Gasteiger partial charge in [0.15, 0.2) is 17.3 Å². The highest BCUT2D eigenvalue weighted by atomic mass is 35.5. The van der Waals surface area contributed by atoms with Gasteiger partial charge in [-0.15, -0.1) is 0 Å². The van der Waals surface area contributed by atoms with E-state index in [1.807, 2.05) is 0 Å². The van der Waals surface area contributed by atoms with Crippen molar-refractivity contribution in [1.29, 1.82) is 0 Å². The minimum absolute atomic E-state index is 0.0719. The van der Waals surface area contributed by atoms with Crippen molar-refractivity contribution in [3.63, 3.8) is 0 Å². The number of primary amides is 1. The summed E-state index contributed by atoms with van der Waals surface area (Å²) >= 11 is 5.82. The second kappa shape index (κ2) is 9.23. The fourth-order valence-electron chi connectivity index (χ4n) is 2.66. The van der Waals surface area contributed by atoms with Crippen molar-refractivity contribution in [3.05, 3.63) is 52.5 Å². The Morgan fingerprint density at radius 3 is 2.18 bits per heavy atom. The maximum absolute atomic E-state index is 12.5. The Hall–Kier alpha value is -3.06. The van der Waals surface area contributed by atoms with E-state index in [4.69, 9.17) is 26.8 Å². The third-order valence-corrected chi connectivity index (χ3v) is 4.38. The van der Waals surface area contributed by atoms with Crippen molar-refractivity contribution in [3.8, 4) is 11.5 Å². The Balaban J connectivity index is 2.16. The maximum atomic E-state index is 12.5. The summed E-state index contributed by atoms with van der Waals surface area (Å²) in [6, 6.07) is 9.29. The lowest BCUT2D eigenvalue weighted by molar-refractivity contribution is -0.116. The van der Waals surface area contributed by atoms with Gasteiger partial charge in [-0.25, -0.2) is 0 Å². The highest BCUT2D eigenvalue weighted by Gasteiger charge is 2.21. The molecule has 0 saturated heterocycles. The summed E-state index contributed by atoms with van der Waals surface area (Å²) in [7, 11) is 2.85. The van der Waals surface area contributed by atoms with E-state index < -0.39 is 17.7 Å². The quantitative estimate of drug-likeness (QED) is 0.656. The van der Waals surface area contributed by atoms with Crippen LogP contribution in [0.25, 0.3) is 0 Å². The standard InChI is InChI=1S/C20H21ClN2O5/c1-11(19(25)12-4-6-13(21)7-5-12)8-18(24)23-15-10-17(28-3)16(27-2)9-14(15)20(22)26/h4-7,9-11H,8H2,1-3H3,(H2,22,26)(H,23,24). The Labute approximate surface area is 167 Å². The van der Waals surface area contributed by atoms with Crippen molar-refractivity contribution in [2.45, 2.75) is 13.3 Å². The molecule has 0 heterocycles. The first kappa shape index (κ1) is 21.2. The molecule has 0 bridgehead atoms. The lowest BCUT2D eigenvalue weighted by atomic mass is 9.96. The van der Waals surface area contributed by atoms with Crippen molar-refractivity contribution in [2.24, 2.45) is 11.7 Å². The molecule has 0 spiro atoms. The van der Waals surface area contributed by atoms with E-state index in [1.165, 1.54) is 26.4 Å². The van der Waals surface area contributed by atoms with Crippen molar-refractivity contribution < 1.29 is 23.9 Å². The summed E-state index contributed by atoms with van der Waals surface area (Å²) in [4.78, 5) is 36.6. The number of ketones is 1. The molecule has 0 fully saturated rings. The molecule has 0 radical (unpaired) electrons. The first-order valence-electron chi connectivity index (χ1n) is 8.42. The van der Waals surface area contributed by atoms with Crippen LogP contribution in [0.1, 0.15) is 34.1 Å². The van der Waals surface area contributed by atoms with Gasteiger partial charge in [-0.2, -0.15) is 0 Å². The Morgan fingerprint density at radius 2 is 1.64 bits per heavy atom. The summed E-state index contributed by atoms with van der Waals surface area (Å²) in [5.74, 6) is -1.30. The molecule has 2 amide bonds. The number of rotatable bonds is 8. The molecule has 0 aliphatic carbocycles. The first-order chi connectivity index (χ1) is 13.3. The summed E-state index contributed by atoms with van der Waals surface area (Å²) < 4.78 is 10.3. The van der Waals surface area contributed by atoms with E-state index in [0.29, 0.717) is 22.1 Å². The van der Waals surface area contributed by atoms with Crippen LogP contribution in [0.4, 0.5) is 5.69 Å². The highest BCUT2D eigenvalue weighted by Crippen LogP contribution is 2.33. The monoisotopic (exact) mass is 404 g/mol. The molecule has 0 saturated carbocycles. The second-order valence-corrected chi connectivity index (χ2v) is 6.58. The molecule has 28 heavy (non-hydrogen) atoms. The number of benzene rings is 2. The van der Waals surface area contributed by atoms with Gasteiger partial charge < -0.3 is 20.5 Å². The van der Waals surface area contributed by atoms with Crippen molar-refractivity contribution in [2.75, 3.05) is 19.5 Å². The van der Waals surface area contributed by atoms with E-state index in [9.17, 15) is 14.4 Å². The van der Waals surface area contributed by atoms with Gasteiger partial charge in [-0.05, 0) is 30.3 Å². The van der Waals surface area contributed by atoms with Gasteiger partial charge in [0.1, 0.15) is 0 Å². The highest BCUT2D eigenvalue weighted by molar-refractivity contribution is 6.30. The first-order valence-corrected chi connectivity index (χ1v) is 8.80. The average molecular weight is 405 g/mol. The molecular weight excluding hydrogens is 384 g/mol. The molecule has 1 atom stereocenters. The van der Waals surface area contributed by atoms with E-state index in [-0.39, 0.29) is 23.5 Å². The normalized spacial score (nSPS) is 11.4. The number of nitrogens with two attached hydrogens (primary N) is 1. The van der Waals surface area contributed by atoms with Gasteiger partial charge in [0.05, 0.1) is 25.5 Å². The van der Waals surface area contributed by atoms with Gasteiger partial charge in [-0.3, -0.25) is 14.4 Å². The molecule has 1 unspecified atom stereocenters. The zero-order valence-electron chi connectivity index (χ0n) is 15.7. The molecule has 0 aliphatic heterocycles. The molecular formula is C20H21ClN2O5. The zero-order valence-corrected chi connectivity index (χ0v) is 16.5. The van der Waals surface area contributed by atoms with E-state index >= 15 is 0 Å². The minimum atomic E-state index is -0.735. The Bertz CT molecular complexity index is 896. The number of amides is 2. The third kappa shape index (κ3) is 5.01. The van der Waals surface area contributed by atoms with Crippen LogP contribution in [0, 0.1) is 5.92 Å². The number of hydrogen-bond acceptors (Lipinski definition) is 5. The zero-order chi connectivity index (χ0) is 20.8. The Morgan fingerprint density at radius 1 is 1.07 bits per heavy atom. The number of anilines is 1. The van der Waals surface area contributed by atoms with Crippen LogP contribution in [0.3, 0.4) is 0 Å². The molecule has 0 aromatic heterocycles. The van der Waals surface area contributed by atoms with Crippen LogP contribution >= 0.6 is 11.6 Å². The lowest BCUT2D eigenvalue weighted by Gasteiger charge is -2.15. The largest absolute Gasteiger partial charge is 0.493 e. The predicted octanol–water partition coefficient (Wildman–Crippen LogP) is 3.30. The number of Topliss-reactive ketones (excluding diaryl/α,β-unsaturated/α-hetero) is 1. The topological polar surface area (TPSA) is 108 Å². The van der Waals surface area contributed by atoms with E-state index in [1.54, 1.807) is 31.2 Å². The number of nitrogens with one attached hydrogen (secondary N) is 1. The van der Waals surface area contributed by atoms with Crippen LogP contribution in [-0.4, -0.2) is 31.8 Å². The molecule has 2 aromatic carbocycles. The van der Waals surface area contributed by atoms with Gasteiger partial charge in [-0.1, -0.05) is 18.5 Å². The van der Waals surface area contributed by atoms with Crippen molar-refractivity contribution >= 4 is 34.9 Å². The van der Waals surface area contributed by atoms with Crippen LogP contribution < -0.4 is 20.5 Å². The molecule has 148 valence electrons. The third-order valence-electron chi connectivity index (χ3n) is 4.13. The second-order valence-electron chi connectivity index (χ2n) is 6.14.